The third kappa shape index (κ3) is 3.36. The van der Waals surface area contributed by atoms with Gasteiger partial charge >= 0.3 is 0 Å². The second kappa shape index (κ2) is 8.00. The van der Waals surface area contributed by atoms with Crippen molar-refractivity contribution in [2.75, 3.05) is 19.1 Å². The summed E-state index contributed by atoms with van der Waals surface area (Å²) >= 11 is 0. The number of ether oxygens (including phenoxy) is 1. The molecule has 0 aliphatic carbocycles. The number of hydrogen-bond acceptors (Lipinski definition) is 4. The Bertz CT molecular complexity index is 1390. The summed E-state index contributed by atoms with van der Waals surface area (Å²) in [5.41, 5.74) is 5.10. The molecule has 1 aliphatic heterocycles. The van der Waals surface area contributed by atoms with E-state index in [9.17, 15) is 4.79 Å². The van der Waals surface area contributed by atoms with Crippen molar-refractivity contribution < 1.29 is 4.74 Å². The molecule has 1 aliphatic rings. The highest BCUT2D eigenvalue weighted by Gasteiger charge is 2.29. The van der Waals surface area contributed by atoms with Gasteiger partial charge in [0.25, 0.3) is 5.56 Å². The van der Waals surface area contributed by atoms with Gasteiger partial charge in [0.1, 0.15) is 11.6 Å². The molecule has 0 radical (unpaired) electrons. The fraction of sp³-hybridized carbons (Fsp3) is 0.185. The Kier molecular flexibility index (Phi) is 5.02. The number of benzene rings is 3. The van der Waals surface area contributed by atoms with Crippen LogP contribution in [0.15, 0.2) is 77.6 Å². The molecular formula is C27H25N3O2. The molecule has 0 saturated heterocycles. The van der Waals surface area contributed by atoms with Crippen LogP contribution in [-0.4, -0.2) is 29.8 Å². The highest BCUT2D eigenvalue weighted by Crippen LogP contribution is 2.41. The van der Waals surface area contributed by atoms with Gasteiger partial charge in [0.2, 0.25) is 0 Å². The summed E-state index contributed by atoms with van der Waals surface area (Å²) in [7, 11) is 3.76. The van der Waals surface area contributed by atoms with Crippen LogP contribution in [0.5, 0.6) is 5.75 Å². The lowest BCUT2D eigenvalue weighted by Crippen LogP contribution is -2.26. The molecule has 0 bridgehead atoms. The van der Waals surface area contributed by atoms with Gasteiger partial charge in [-0.15, -0.1) is 0 Å². The average Bonchev–Trinajstić information content (AvgIpc) is 3.06. The Morgan fingerprint density at radius 3 is 2.56 bits per heavy atom. The fourth-order valence-corrected chi connectivity index (χ4v) is 4.37. The Hall–Kier alpha value is -3.86. The van der Waals surface area contributed by atoms with Gasteiger partial charge in [-0.1, -0.05) is 42.5 Å². The minimum absolute atomic E-state index is 0.0313. The van der Waals surface area contributed by atoms with Crippen LogP contribution in [0.3, 0.4) is 0 Å². The number of para-hydroxylation sites is 1. The van der Waals surface area contributed by atoms with Gasteiger partial charge in [-0.2, -0.15) is 0 Å². The van der Waals surface area contributed by atoms with Crippen LogP contribution >= 0.6 is 0 Å². The number of anilines is 1. The quantitative estimate of drug-likeness (QED) is 0.472. The number of likely N-dealkylation sites (N-methyl/N-ethyl adjacent to an activating group) is 1. The number of nitrogens with zero attached hydrogens (tertiary/aromatic N) is 3. The summed E-state index contributed by atoms with van der Waals surface area (Å²) in [6.07, 6.45) is 2.06. The molecule has 1 atom stereocenters. The highest BCUT2D eigenvalue weighted by atomic mass is 16.5. The van der Waals surface area contributed by atoms with Crippen molar-refractivity contribution in [1.82, 2.24) is 9.55 Å². The predicted molar refractivity (Wildman–Crippen MR) is 130 cm³/mol. The Balaban J connectivity index is 1.73. The Labute approximate surface area is 187 Å². The van der Waals surface area contributed by atoms with Gasteiger partial charge in [-0.3, -0.25) is 9.36 Å². The van der Waals surface area contributed by atoms with E-state index in [2.05, 4.69) is 37.1 Å². The molecule has 0 amide bonds. The van der Waals surface area contributed by atoms with E-state index in [4.69, 9.17) is 9.72 Å². The molecule has 2 heterocycles. The maximum Gasteiger partial charge on any atom is 0.261 e. The molecule has 3 aromatic carbocycles. The third-order valence-electron chi connectivity index (χ3n) is 6.29. The van der Waals surface area contributed by atoms with Crippen molar-refractivity contribution in [3.05, 3.63) is 100 Å². The minimum Gasteiger partial charge on any atom is -0.497 e. The first kappa shape index (κ1) is 20.1. The fourth-order valence-electron chi connectivity index (χ4n) is 4.37. The second-order valence-corrected chi connectivity index (χ2v) is 8.13. The third-order valence-corrected chi connectivity index (χ3v) is 6.29. The summed E-state index contributed by atoms with van der Waals surface area (Å²) in [6, 6.07) is 23.8. The van der Waals surface area contributed by atoms with E-state index < -0.39 is 0 Å². The second-order valence-electron chi connectivity index (χ2n) is 8.13. The maximum atomic E-state index is 13.5. The smallest absolute Gasteiger partial charge is 0.261 e. The van der Waals surface area contributed by atoms with Gasteiger partial charge in [0.05, 0.1) is 30.6 Å². The van der Waals surface area contributed by atoms with Gasteiger partial charge in [0.15, 0.2) is 0 Å². The first-order valence-electron chi connectivity index (χ1n) is 10.7. The first-order valence-corrected chi connectivity index (χ1v) is 10.7. The normalized spacial score (nSPS) is 16.5. The van der Waals surface area contributed by atoms with Crippen molar-refractivity contribution in [3.8, 4) is 5.75 Å². The number of aromatic nitrogens is 2. The molecule has 1 aromatic heterocycles. The zero-order chi connectivity index (χ0) is 22.2. The zero-order valence-electron chi connectivity index (χ0n) is 18.4. The van der Waals surface area contributed by atoms with Crippen molar-refractivity contribution in [2.24, 2.45) is 0 Å². The van der Waals surface area contributed by atoms with Gasteiger partial charge in [0, 0.05) is 18.3 Å². The molecule has 5 rings (SSSR count). The number of hydrogen-bond donors (Lipinski definition) is 0. The molecule has 5 nitrogen and oxygen atoms in total. The number of rotatable bonds is 4. The van der Waals surface area contributed by atoms with Crippen LogP contribution in [0.4, 0.5) is 5.69 Å². The van der Waals surface area contributed by atoms with Crippen LogP contribution < -0.4 is 15.2 Å². The molecule has 32 heavy (non-hydrogen) atoms. The van der Waals surface area contributed by atoms with Crippen molar-refractivity contribution in [2.45, 2.75) is 19.5 Å². The molecular weight excluding hydrogens is 398 g/mol. The molecule has 160 valence electrons. The maximum absolute atomic E-state index is 13.5. The standard InChI is InChI=1S/C27H25N3O2/c1-18-22(23-15-20(32-3)13-14-25(23)29(18)2)16-26-28-24-12-8-7-11-21(24)27(31)30(26)17-19-9-5-4-6-10-19/h4-16,18H,17H2,1-3H3/b22-16+. The molecule has 5 heteroatoms. The van der Waals surface area contributed by atoms with Crippen LogP contribution in [0.25, 0.3) is 22.6 Å². The van der Waals surface area contributed by atoms with E-state index in [1.165, 1.54) is 0 Å². The molecule has 0 N–H and O–H groups in total. The van der Waals surface area contributed by atoms with E-state index in [0.29, 0.717) is 23.3 Å². The van der Waals surface area contributed by atoms with Crippen molar-refractivity contribution >= 4 is 28.2 Å². The number of fused-ring (bicyclic) bond motifs is 2. The van der Waals surface area contributed by atoms with E-state index in [-0.39, 0.29) is 11.6 Å². The first-order chi connectivity index (χ1) is 15.6. The topological polar surface area (TPSA) is 47.4 Å². The highest BCUT2D eigenvalue weighted by molar-refractivity contribution is 5.95. The zero-order valence-corrected chi connectivity index (χ0v) is 18.4. The molecule has 0 fully saturated rings. The molecule has 0 saturated carbocycles. The lowest BCUT2D eigenvalue weighted by atomic mass is 10.0. The Morgan fingerprint density at radius 1 is 1.03 bits per heavy atom. The summed E-state index contributed by atoms with van der Waals surface area (Å²) in [5, 5.41) is 0.629. The summed E-state index contributed by atoms with van der Waals surface area (Å²) in [6.45, 7) is 2.63. The van der Waals surface area contributed by atoms with E-state index in [1.54, 1.807) is 11.7 Å². The molecule has 0 spiro atoms. The van der Waals surface area contributed by atoms with E-state index in [0.717, 1.165) is 28.1 Å². The largest absolute Gasteiger partial charge is 0.497 e. The van der Waals surface area contributed by atoms with Crippen LogP contribution in [0.1, 0.15) is 23.9 Å². The lowest BCUT2D eigenvalue weighted by Gasteiger charge is -2.19. The number of methoxy groups -OCH3 is 1. The summed E-state index contributed by atoms with van der Waals surface area (Å²) in [5.74, 6) is 1.47. The predicted octanol–water partition coefficient (Wildman–Crippen LogP) is 4.83. The lowest BCUT2D eigenvalue weighted by molar-refractivity contribution is 0.415. The summed E-state index contributed by atoms with van der Waals surface area (Å²) < 4.78 is 7.24. The van der Waals surface area contributed by atoms with E-state index >= 15 is 0 Å². The molecule has 1 unspecified atom stereocenters. The summed E-state index contributed by atoms with van der Waals surface area (Å²) in [4.78, 5) is 20.6. The van der Waals surface area contributed by atoms with E-state index in [1.807, 2.05) is 60.7 Å². The van der Waals surface area contributed by atoms with Gasteiger partial charge < -0.3 is 9.64 Å². The minimum atomic E-state index is -0.0313. The van der Waals surface area contributed by atoms with Crippen LogP contribution in [0.2, 0.25) is 0 Å². The van der Waals surface area contributed by atoms with Gasteiger partial charge in [-0.05, 0) is 54.5 Å². The van der Waals surface area contributed by atoms with Crippen molar-refractivity contribution in [1.29, 1.82) is 0 Å². The SMILES string of the molecule is COc1ccc2c(c1)/C(=C/c1nc3ccccc3c(=O)n1Cc1ccccc1)C(C)N2C. The van der Waals surface area contributed by atoms with Gasteiger partial charge in [-0.25, -0.2) is 4.98 Å². The van der Waals surface area contributed by atoms with Crippen LogP contribution in [0, 0.1) is 0 Å². The van der Waals surface area contributed by atoms with Crippen molar-refractivity contribution in [3.63, 3.8) is 0 Å². The monoisotopic (exact) mass is 423 g/mol. The molecule has 4 aromatic rings. The van der Waals surface area contributed by atoms with Crippen LogP contribution in [-0.2, 0) is 6.54 Å². The average molecular weight is 424 g/mol. The Morgan fingerprint density at radius 2 is 1.78 bits per heavy atom.